The molecule has 124 valence electrons. The number of nitrogens with zero attached hydrogens (tertiary/aromatic N) is 1. The van der Waals surface area contributed by atoms with Gasteiger partial charge in [0.15, 0.2) is 11.5 Å². The summed E-state index contributed by atoms with van der Waals surface area (Å²) in [5.41, 5.74) is 3.05. The minimum atomic E-state index is 0.132. The van der Waals surface area contributed by atoms with Crippen LogP contribution in [0.5, 0.6) is 11.5 Å². The highest BCUT2D eigenvalue weighted by molar-refractivity contribution is 5.61. The van der Waals surface area contributed by atoms with E-state index in [0.717, 1.165) is 30.9 Å². The first-order valence-electron chi connectivity index (χ1n) is 8.80. The summed E-state index contributed by atoms with van der Waals surface area (Å²) in [6.07, 6.45) is 4.99. The monoisotopic (exact) mass is 315 g/mol. The lowest BCUT2D eigenvalue weighted by molar-refractivity contribution is -0.111. The third kappa shape index (κ3) is 1.54. The maximum Gasteiger partial charge on any atom is 0.165 e. The van der Waals surface area contributed by atoms with Crippen molar-refractivity contribution >= 4 is 0 Å². The predicted molar refractivity (Wildman–Crippen MR) is 87.3 cm³/mol. The van der Waals surface area contributed by atoms with Crippen LogP contribution in [-0.4, -0.2) is 51.0 Å². The van der Waals surface area contributed by atoms with Gasteiger partial charge in [0.2, 0.25) is 0 Å². The summed E-state index contributed by atoms with van der Waals surface area (Å²) in [4.78, 5) is 2.57. The molecule has 0 N–H and O–H groups in total. The van der Waals surface area contributed by atoms with Gasteiger partial charge < -0.3 is 19.1 Å². The van der Waals surface area contributed by atoms with Gasteiger partial charge in [-0.3, -0.25) is 0 Å². The van der Waals surface area contributed by atoms with Crippen LogP contribution in [0.4, 0.5) is 0 Å². The standard InChI is InChI=1S/C19H25NO3/c1-20-9-8-19-12-5-7-15(22-3)18(19)23-17-14(21-2)6-4-11(16(17)19)10-13(12)20/h4,6,12-13,15,18H,5,7-10H2,1-3H3/t12?,13?,15-,18-,19-/m0/s1. The Morgan fingerprint density at radius 3 is 2.91 bits per heavy atom. The molecule has 1 spiro atoms. The summed E-state index contributed by atoms with van der Waals surface area (Å²) in [5.74, 6) is 2.57. The van der Waals surface area contributed by atoms with Gasteiger partial charge in [0.25, 0.3) is 0 Å². The zero-order valence-corrected chi connectivity index (χ0v) is 14.2. The first-order chi connectivity index (χ1) is 11.2. The first-order valence-corrected chi connectivity index (χ1v) is 8.80. The summed E-state index contributed by atoms with van der Waals surface area (Å²) in [6, 6.07) is 4.99. The molecule has 1 saturated carbocycles. The molecule has 2 aliphatic heterocycles. The molecule has 1 saturated heterocycles. The molecule has 4 heteroatoms. The van der Waals surface area contributed by atoms with E-state index in [1.54, 1.807) is 7.11 Å². The van der Waals surface area contributed by atoms with Crippen LogP contribution in [0.1, 0.15) is 30.4 Å². The van der Waals surface area contributed by atoms with Crippen LogP contribution >= 0.6 is 0 Å². The van der Waals surface area contributed by atoms with Crippen LogP contribution in [0.25, 0.3) is 0 Å². The first kappa shape index (κ1) is 14.1. The second-order valence-corrected chi connectivity index (χ2v) is 7.67. The molecule has 1 aromatic rings. The molecule has 2 fully saturated rings. The Morgan fingerprint density at radius 1 is 1.26 bits per heavy atom. The zero-order chi connectivity index (χ0) is 15.8. The number of rotatable bonds is 2. The fraction of sp³-hybridized carbons (Fsp3) is 0.684. The van der Waals surface area contributed by atoms with Crippen molar-refractivity contribution in [2.45, 2.75) is 49.3 Å². The number of hydrogen-bond acceptors (Lipinski definition) is 4. The quantitative estimate of drug-likeness (QED) is 0.838. The molecule has 2 bridgehead atoms. The van der Waals surface area contributed by atoms with E-state index in [2.05, 4.69) is 24.1 Å². The Kier molecular flexibility index (Phi) is 2.85. The highest BCUT2D eigenvalue weighted by atomic mass is 16.6. The Morgan fingerprint density at radius 2 is 2.13 bits per heavy atom. The van der Waals surface area contributed by atoms with Crippen molar-refractivity contribution in [1.82, 2.24) is 4.90 Å². The number of likely N-dealkylation sites (tertiary alicyclic amines) is 1. The number of ether oxygens (including phenoxy) is 3. The maximum absolute atomic E-state index is 6.57. The second-order valence-electron chi connectivity index (χ2n) is 7.67. The minimum absolute atomic E-state index is 0.132. The van der Waals surface area contributed by atoms with E-state index in [9.17, 15) is 0 Å². The van der Waals surface area contributed by atoms with Gasteiger partial charge in [-0.15, -0.1) is 0 Å². The van der Waals surface area contributed by atoms with Crippen molar-refractivity contribution in [3.63, 3.8) is 0 Å². The average molecular weight is 315 g/mol. The largest absolute Gasteiger partial charge is 0.493 e. The third-order valence-corrected chi connectivity index (χ3v) is 7.05. The molecule has 1 aromatic carbocycles. The van der Waals surface area contributed by atoms with Gasteiger partial charge in [-0.1, -0.05) is 6.07 Å². The zero-order valence-electron chi connectivity index (χ0n) is 14.2. The number of likely N-dealkylation sites (N-methyl/N-ethyl adjacent to an activating group) is 1. The van der Waals surface area contributed by atoms with E-state index in [1.807, 2.05) is 7.11 Å². The lowest BCUT2D eigenvalue weighted by Gasteiger charge is -2.58. The van der Waals surface area contributed by atoms with Crippen molar-refractivity contribution in [3.8, 4) is 11.5 Å². The van der Waals surface area contributed by atoms with Gasteiger partial charge in [-0.25, -0.2) is 0 Å². The topological polar surface area (TPSA) is 30.9 Å². The van der Waals surface area contributed by atoms with E-state index in [1.165, 1.54) is 24.0 Å². The highest BCUT2D eigenvalue weighted by Crippen LogP contribution is 2.63. The molecule has 4 nitrogen and oxygen atoms in total. The summed E-state index contributed by atoms with van der Waals surface area (Å²) in [5, 5.41) is 0. The fourth-order valence-corrected chi connectivity index (χ4v) is 6.08. The van der Waals surface area contributed by atoms with Crippen molar-refractivity contribution in [2.24, 2.45) is 5.92 Å². The predicted octanol–water partition coefficient (Wildman–Crippen LogP) is 2.38. The molecule has 5 rings (SSSR count). The molecule has 5 atom stereocenters. The molecule has 2 unspecified atom stereocenters. The molecule has 0 radical (unpaired) electrons. The average Bonchev–Trinajstić information content (AvgIpc) is 2.92. The van der Waals surface area contributed by atoms with Gasteiger partial charge in [0.1, 0.15) is 6.10 Å². The number of methoxy groups -OCH3 is 2. The van der Waals surface area contributed by atoms with Crippen molar-refractivity contribution < 1.29 is 14.2 Å². The second kappa shape index (κ2) is 4.64. The molecular weight excluding hydrogens is 290 g/mol. The summed E-state index contributed by atoms with van der Waals surface area (Å²) >= 11 is 0. The van der Waals surface area contributed by atoms with Gasteiger partial charge in [-0.2, -0.15) is 0 Å². The lowest BCUT2D eigenvalue weighted by atomic mass is 9.51. The smallest absolute Gasteiger partial charge is 0.165 e. The van der Waals surface area contributed by atoms with Crippen LogP contribution in [0.3, 0.4) is 0 Å². The Bertz CT molecular complexity index is 660. The van der Waals surface area contributed by atoms with Crippen LogP contribution < -0.4 is 9.47 Å². The van der Waals surface area contributed by atoms with Crippen LogP contribution in [0, 0.1) is 5.92 Å². The van der Waals surface area contributed by atoms with Gasteiger partial charge in [0.05, 0.1) is 13.2 Å². The molecule has 23 heavy (non-hydrogen) atoms. The van der Waals surface area contributed by atoms with Crippen LogP contribution in [0.2, 0.25) is 0 Å². The van der Waals surface area contributed by atoms with E-state index in [-0.39, 0.29) is 17.6 Å². The van der Waals surface area contributed by atoms with Gasteiger partial charge >= 0.3 is 0 Å². The van der Waals surface area contributed by atoms with E-state index in [4.69, 9.17) is 14.2 Å². The summed E-state index contributed by atoms with van der Waals surface area (Å²) in [6.45, 7) is 1.15. The fourth-order valence-electron chi connectivity index (χ4n) is 6.08. The van der Waals surface area contributed by atoms with Crippen molar-refractivity contribution in [1.29, 1.82) is 0 Å². The molecular formula is C19H25NO3. The summed E-state index contributed by atoms with van der Waals surface area (Å²) in [7, 11) is 5.87. The van der Waals surface area contributed by atoms with E-state index < -0.39 is 0 Å². The maximum atomic E-state index is 6.57. The molecule has 4 aliphatic rings. The SMILES string of the molecule is COc1ccc2c3c1O[C@H]1[C@@H](OC)CCC4C(C2)N(C)CC[C@@]341. The van der Waals surface area contributed by atoms with E-state index >= 15 is 0 Å². The lowest BCUT2D eigenvalue weighted by Crippen LogP contribution is -2.66. The van der Waals surface area contributed by atoms with E-state index in [0.29, 0.717) is 12.0 Å². The highest BCUT2D eigenvalue weighted by Gasteiger charge is 2.65. The van der Waals surface area contributed by atoms with Gasteiger partial charge in [-0.05, 0) is 56.8 Å². The van der Waals surface area contributed by atoms with Crippen LogP contribution in [0.15, 0.2) is 12.1 Å². The molecule has 0 aromatic heterocycles. The Balaban J connectivity index is 1.77. The van der Waals surface area contributed by atoms with Crippen molar-refractivity contribution in [2.75, 3.05) is 27.8 Å². The van der Waals surface area contributed by atoms with Crippen molar-refractivity contribution in [3.05, 3.63) is 23.3 Å². The Hall–Kier alpha value is -1.26. The summed E-state index contributed by atoms with van der Waals surface area (Å²) < 4.78 is 18.1. The van der Waals surface area contributed by atoms with Gasteiger partial charge in [0, 0.05) is 24.1 Å². The minimum Gasteiger partial charge on any atom is -0.493 e. The normalized spacial score (nSPS) is 40.5. The third-order valence-electron chi connectivity index (χ3n) is 7.05. The Labute approximate surface area is 137 Å². The molecule has 0 amide bonds. The van der Waals surface area contributed by atoms with Crippen LogP contribution in [-0.2, 0) is 16.6 Å². The number of hydrogen-bond donors (Lipinski definition) is 0. The number of benzene rings is 1. The molecule has 2 heterocycles. The number of piperidine rings is 1. The molecule has 2 aliphatic carbocycles.